The van der Waals surface area contributed by atoms with Crippen molar-refractivity contribution in [1.29, 1.82) is 0 Å². The highest BCUT2D eigenvalue weighted by Crippen LogP contribution is 2.32. The molecule has 0 aliphatic carbocycles. The van der Waals surface area contributed by atoms with E-state index in [9.17, 15) is 30.8 Å². The van der Waals surface area contributed by atoms with E-state index in [2.05, 4.69) is 4.74 Å². The Morgan fingerprint density at radius 1 is 1.04 bits per heavy atom. The maximum atomic E-state index is 13.7. The van der Waals surface area contributed by atoms with E-state index in [1.54, 1.807) is 20.8 Å². The molecule has 0 fully saturated rings. The first-order chi connectivity index (χ1) is 11.3. The molecule has 0 bridgehead atoms. The van der Waals surface area contributed by atoms with Crippen molar-refractivity contribution in [3.63, 3.8) is 0 Å². The highest BCUT2D eigenvalue weighted by molar-refractivity contribution is 7.85. The lowest BCUT2D eigenvalue weighted by atomic mass is 9.91. The zero-order valence-electron chi connectivity index (χ0n) is 13.5. The van der Waals surface area contributed by atoms with E-state index in [1.165, 1.54) is 0 Å². The second-order valence-electron chi connectivity index (χ2n) is 5.61. The minimum atomic E-state index is -5.54. The molecule has 0 amide bonds. The maximum Gasteiger partial charge on any atom is 0.311 e. The molecule has 0 spiro atoms. The van der Waals surface area contributed by atoms with Crippen LogP contribution in [-0.4, -0.2) is 32.2 Å². The van der Waals surface area contributed by atoms with Crippen LogP contribution in [0, 0.1) is 28.7 Å². The number of benzene rings is 1. The van der Waals surface area contributed by atoms with E-state index < -0.39 is 68.6 Å². The minimum Gasteiger partial charge on any atom is -0.484 e. The van der Waals surface area contributed by atoms with Gasteiger partial charge in [0.15, 0.2) is 22.3 Å². The van der Waals surface area contributed by atoms with Crippen molar-refractivity contribution in [2.45, 2.75) is 32.1 Å². The summed E-state index contributed by atoms with van der Waals surface area (Å²) in [4.78, 5) is 9.50. The molecule has 6 nitrogen and oxygen atoms in total. The van der Waals surface area contributed by atoms with Crippen molar-refractivity contribution in [2.24, 2.45) is 5.41 Å². The number of carbonyl (C=O) groups excluding carboxylic acids is 1. The first-order valence-corrected chi connectivity index (χ1v) is 8.42. The molecule has 0 aromatic heterocycles. The average molecular weight is 388 g/mol. The molecule has 0 unspecified atom stereocenters. The number of hydrogen-bond donors (Lipinski definition) is 1. The van der Waals surface area contributed by atoms with E-state index in [0.717, 1.165) is 0 Å². The standard InChI is InChI=1S/C14H16F4O6S/c1-4-14(2,3)13(19)24-6-5-23-11-7(15)9(17)12(25(20,21)22)10(18)8(11)16/h4-6H2,1-3H3,(H,20,21,22). The summed E-state index contributed by atoms with van der Waals surface area (Å²) in [6.07, 6.45) is 0.462. The second kappa shape index (κ2) is 7.56. The van der Waals surface area contributed by atoms with Crippen molar-refractivity contribution >= 4 is 16.1 Å². The molecule has 11 heteroatoms. The summed E-state index contributed by atoms with van der Waals surface area (Å²) in [5.74, 6) is -11.1. The predicted octanol–water partition coefficient (Wildman–Crippen LogP) is 2.85. The van der Waals surface area contributed by atoms with Crippen LogP contribution in [0.2, 0.25) is 0 Å². The Morgan fingerprint density at radius 3 is 1.92 bits per heavy atom. The first kappa shape index (κ1) is 21.2. The van der Waals surface area contributed by atoms with Crippen LogP contribution in [0.3, 0.4) is 0 Å². The second-order valence-corrected chi connectivity index (χ2v) is 6.97. The van der Waals surface area contributed by atoms with Crippen molar-refractivity contribution in [3.8, 4) is 5.75 Å². The van der Waals surface area contributed by atoms with Crippen molar-refractivity contribution in [2.75, 3.05) is 13.2 Å². The summed E-state index contributed by atoms with van der Waals surface area (Å²) in [6.45, 7) is 3.83. The molecule has 1 aromatic carbocycles. The summed E-state index contributed by atoms with van der Waals surface area (Å²) in [6, 6.07) is 0. The van der Waals surface area contributed by atoms with Gasteiger partial charge < -0.3 is 9.47 Å². The van der Waals surface area contributed by atoms with Gasteiger partial charge >= 0.3 is 16.1 Å². The predicted molar refractivity (Wildman–Crippen MR) is 76.6 cm³/mol. The Kier molecular flexibility index (Phi) is 6.40. The molecule has 0 heterocycles. The summed E-state index contributed by atoms with van der Waals surface area (Å²) in [5, 5.41) is 0. The third-order valence-electron chi connectivity index (χ3n) is 3.44. The van der Waals surface area contributed by atoms with Gasteiger partial charge in [0, 0.05) is 0 Å². The van der Waals surface area contributed by atoms with E-state index in [4.69, 9.17) is 9.29 Å². The Labute approximate surface area is 141 Å². The zero-order chi connectivity index (χ0) is 19.6. The molecule has 0 aliphatic rings. The van der Waals surface area contributed by atoms with Gasteiger partial charge in [0.2, 0.25) is 11.6 Å². The van der Waals surface area contributed by atoms with E-state index >= 15 is 0 Å². The van der Waals surface area contributed by atoms with Gasteiger partial charge in [-0.15, -0.1) is 0 Å². The lowest BCUT2D eigenvalue weighted by molar-refractivity contribution is -0.154. The van der Waals surface area contributed by atoms with Crippen LogP contribution in [0.1, 0.15) is 27.2 Å². The molecule has 1 aromatic rings. The summed E-state index contributed by atoms with van der Waals surface area (Å²) >= 11 is 0. The number of rotatable bonds is 7. The van der Waals surface area contributed by atoms with Crippen LogP contribution in [0.5, 0.6) is 5.75 Å². The number of carbonyl (C=O) groups is 1. The molecule has 1 rings (SSSR count). The molecule has 0 aliphatic heterocycles. The van der Waals surface area contributed by atoms with Crippen LogP contribution in [0.4, 0.5) is 17.6 Å². The van der Waals surface area contributed by atoms with Crippen LogP contribution in [-0.2, 0) is 19.6 Å². The topological polar surface area (TPSA) is 89.9 Å². The lowest BCUT2D eigenvalue weighted by Gasteiger charge is -2.20. The number of hydrogen-bond acceptors (Lipinski definition) is 5. The zero-order valence-corrected chi connectivity index (χ0v) is 14.3. The minimum absolute atomic E-state index is 0.462. The van der Waals surface area contributed by atoms with Crippen LogP contribution in [0.15, 0.2) is 4.90 Å². The number of esters is 1. The highest BCUT2D eigenvalue weighted by Gasteiger charge is 2.33. The fourth-order valence-corrected chi connectivity index (χ4v) is 2.19. The van der Waals surface area contributed by atoms with Gasteiger partial charge in [-0.25, -0.2) is 8.78 Å². The molecule has 1 N–H and O–H groups in total. The molecule has 0 saturated heterocycles. The maximum absolute atomic E-state index is 13.7. The van der Waals surface area contributed by atoms with Crippen LogP contribution < -0.4 is 4.74 Å². The molecule has 0 radical (unpaired) electrons. The SMILES string of the molecule is CCC(C)(C)C(=O)OCCOc1c(F)c(F)c(S(=O)(=O)O)c(F)c1F. The first-order valence-electron chi connectivity index (χ1n) is 6.98. The summed E-state index contributed by atoms with van der Waals surface area (Å²) < 4.78 is 94.0. The van der Waals surface area contributed by atoms with E-state index in [-0.39, 0.29) is 0 Å². The number of ether oxygens (including phenoxy) is 2. The van der Waals surface area contributed by atoms with Gasteiger partial charge in [-0.3, -0.25) is 9.35 Å². The third kappa shape index (κ3) is 4.60. The van der Waals surface area contributed by atoms with Crippen molar-refractivity contribution in [3.05, 3.63) is 23.3 Å². The molecule has 142 valence electrons. The number of halogens is 4. The van der Waals surface area contributed by atoms with Gasteiger partial charge in [-0.1, -0.05) is 6.92 Å². The monoisotopic (exact) mass is 388 g/mol. The van der Waals surface area contributed by atoms with Gasteiger partial charge in [0.05, 0.1) is 5.41 Å². The average Bonchev–Trinajstić information content (AvgIpc) is 2.50. The molecular formula is C14H16F4O6S. The van der Waals surface area contributed by atoms with Crippen molar-refractivity contribution < 1.29 is 44.8 Å². The van der Waals surface area contributed by atoms with Gasteiger partial charge in [-0.2, -0.15) is 17.2 Å². The Bertz CT molecular complexity index is 747. The van der Waals surface area contributed by atoms with Gasteiger partial charge in [0.25, 0.3) is 0 Å². The molecule has 25 heavy (non-hydrogen) atoms. The van der Waals surface area contributed by atoms with Gasteiger partial charge in [0.1, 0.15) is 13.2 Å². The normalized spacial score (nSPS) is 12.2. The Hall–Kier alpha value is -1.88. The van der Waals surface area contributed by atoms with E-state index in [0.29, 0.717) is 6.42 Å². The van der Waals surface area contributed by atoms with Gasteiger partial charge in [-0.05, 0) is 20.3 Å². The fraction of sp³-hybridized carbons (Fsp3) is 0.500. The highest BCUT2D eigenvalue weighted by atomic mass is 32.2. The molecular weight excluding hydrogens is 372 g/mol. The molecule has 0 atom stereocenters. The lowest BCUT2D eigenvalue weighted by Crippen LogP contribution is -2.27. The van der Waals surface area contributed by atoms with Crippen LogP contribution in [0.25, 0.3) is 0 Å². The third-order valence-corrected chi connectivity index (χ3v) is 4.31. The smallest absolute Gasteiger partial charge is 0.311 e. The largest absolute Gasteiger partial charge is 0.484 e. The fourth-order valence-electron chi connectivity index (χ4n) is 1.56. The van der Waals surface area contributed by atoms with Crippen molar-refractivity contribution in [1.82, 2.24) is 0 Å². The van der Waals surface area contributed by atoms with E-state index in [1.807, 2.05) is 0 Å². The Morgan fingerprint density at radius 2 is 1.52 bits per heavy atom. The quantitative estimate of drug-likeness (QED) is 0.254. The summed E-state index contributed by atoms with van der Waals surface area (Å²) in [5.41, 5.74) is -0.800. The van der Waals surface area contributed by atoms with Crippen LogP contribution >= 0.6 is 0 Å². The Balaban J connectivity index is 2.94. The summed E-state index contributed by atoms with van der Waals surface area (Å²) in [7, 11) is -5.54. The molecule has 0 saturated carbocycles.